The van der Waals surface area contributed by atoms with E-state index >= 15 is 0 Å². The first-order valence-electron chi connectivity index (χ1n) is 7.36. The molecule has 1 saturated heterocycles. The lowest BCUT2D eigenvalue weighted by Gasteiger charge is -2.39. The monoisotopic (exact) mass is 347 g/mol. The van der Waals surface area contributed by atoms with E-state index < -0.39 is 23.4 Å². The standard InChI is InChI=1S/C15H20ClF2N3O2/c1-10-9-21(4-3-20(10)5-6-23-2)15(22)19-14-12(17)7-11(16)8-13(14)18/h7-8,10H,3-6,9H2,1-2H3,(H,19,22). The van der Waals surface area contributed by atoms with Gasteiger partial charge in [-0.1, -0.05) is 11.6 Å². The van der Waals surface area contributed by atoms with Crippen LogP contribution in [0.3, 0.4) is 0 Å². The summed E-state index contributed by atoms with van der Waals surface area (Å²) in [5, 5.41) is 2.23. The molecule has 0 aromatic heterocycles. The SMILES string of the molecule is COCCN1CCN(C(=O)Nc2c(F)cc(Cl)cc2F)CC1C. The fourth-order valence-corrected chi connectivity index (χ4v) is 2.76. The molecule has 1 atom stereocenters. The summed E-state index contributed by atoms with van der Waals surface area (Å²) in [5.41, 5.74) is -0.478. The number of urea groups is 1. The minimum Gasteiger partial charge on any atom is -0.383 e. The number of hydrogen-bond acceptors (Lipinski definition) is 3. The van der Waals surface area contributed by atoms with Crippen LogP contribution in [-0.4, -0.2) is 61.8 Å². The molecular formula is C15H20ClF2N3O2. The van der Waals surface area contributed by atoms with E-state index in [1.54, 1.807) is 12.0 Å². The number of nitrogens with one attached hydrogen (secondary N) is 1. The van der Waals surface area contributed by atoms with Crippen LogP contribution in [0, 0.1) is 11.6 Å². The molecule has 1 fully saturated rings. The fourth-order valence-electron chi connectivity index (χ4n) is 2.57. The third-order valence-corrected chi connectivity index (χ3v) is 4.09. The molecule has 2 rings (SSSR count). The summed E-state index contributed by atoms with van der Waals surface area (Å²) >= 11 is 5.57. The Kier molecular flexibility index (Phi) is 6.15. The number of piperazine rings is 1. The first-order valence-corrected chi connectivity index (χ1v) is 7.73. The van der Waals surface area contributed by atoms with Crippen molar-refractivity contribution >= 4 is 23.3 Å². The topological polar surface area (TPSA) is 44.8 Å². The predicted octanol–water partition coefficient (Wildman–Crippen LogP) is 2.80. The van der Waals surface area contributed by atoms with Crippen LogP contribution in [0.5, 0.6) is 0 Å². The lowest BCUT2D eigenvalue weighted by atomic mass is 10.2. The first-order chi connectivity index (χ1) is 10.9. The van der Waals surface area contributed by atoms with Gasteiger partial charge in [-0.15, -0.1) is 0 Å². The quantitative estimate of drug-likeness (QED) is 0.911. The van der Waals surface area contributed by atoms with Gasteiger partial charge in [0.15, 0.2) is 11.6 Å². The minimum atomic E-state index is -0.893. The highest BCUT2D eigenvalue weighted by molar-refractivity contribution is 6.30. The normalized spacial score (nSPS) is 19.0. The molecule has 1 unspecified atom stereocenters. The second-order valence-corrected chi connectivity index (χ2v) is 5.93. The highest BCUT2D eigenvalue weighted by Gasteiger charge is 2.27. The first kappa shape index (κ1) is 17.9. The molecule has 0 spiro atoms. The van der Waals surface area contributed by atoms with Crippen LogP contribution in [0.25, 0.3) is 0 Å². The zero-order chi connectivity index (χ0) is 17.0. The van der Waals surface area contributed by atoms with Crippen molar-refractivity contribution in [3.8, 4) is 0 Å². The van der Waals surface area contributed by atoms with Gasteiger partial charge < -0.3 is 15.0 Å². The molecule has 1 heterocycles. The van der Waals surface area contributed by atoms with Crippen LogP contribution < -0.4 is 5.32 Å². The van der Waals surface area contributed by atoms with Crippen molar-refractivity contribution in [2.24, 2.45) is 0 Å². The maximum Gasteiger partial charge on any atom is 0.322 e. The largest absolute Gasteiger partial charge is 0.383 e. The molecule has 1 aromatic rings. The number of carbonyl (C=O) groups is 1. The molecule has 0 radical (unpaired) electrons. The number of halogens is 3. The third-order valence-electron chi connectivity index (χ3n) is 3.87. The van der Waals surface area contributed by atoms with Crippen LogP contribution >= 0.6 is 11.6 Å². The molecule has 23 heavy (non-hydrogen) atoms. The summed E-state index contributed by atoms with van der Waals surface area (Å²) in [5.74, 6) is -1.79. The molecule has 0 bridgehead atoms. The van der Waals surface area contributed by atoms with Gasteiger partial charge in [-0.3, -0.25) is 4.90 Å². The fraction of sp³-hybridized carbons (Fsp3) is 0.533. The van der Waals surface area contributed by atoms with Crippen molar-refractivity contribution in [1.82, 2.24) is 9.80 Å². The number of benzene rings is 1. The smallest absolute Gasteiger partial charge is 0.322 e. The number of methoxy groups -OCH3 is 1. The van der Waals surface area contributed by atoms with Crippen molar-refractivity contribution in [3.05, 3.63) is 28.8 Å². The van der Waals surface area contributed by atoms with E-state index in [1.807, 2.05) is 6.92 Å². The van der Waals surface area contributed by atoms with Gasteiger partial charge in [0, 0.05) is 44.4 Å². The Balaban J connectivity index is 1.97. The van der Waals surface area contributed by atoms with Crippen molar-refractivity contribution in [2.75, 3.05) is 45.2 Å². The maximum atomic E-state index is 13.7. The summed E-state index contributed by atoms with van der Waals surface area (Å²) in [6, 6.07) is 1.55. The van der Waals surface area contributed by atoms with Gasteiger partial charge in [0.2, 0.25) is 0 Å². The molecule has 0 saturated carbocycles. The number of nitrogens with zero attached hydrogens (tertiary/aromatic N) is 2. The van der Waals surface area contributed by atoms with Gasteiger partial charge >= 0.3 is 6.03 Å². The Bertz CT molecular complexity index is 551. The molecule has 0 aliphatic carbocycles. The van der Waals surface area contributed by atoms with Crippen molar-refractivity contribution < 1.29 is 18.3 Å². The summed E-state index contributed by atoms with van der Waals surface area (Å²) in [6.45, 7) is 5.05. The Labute approximate surface area is 139 Å². The van der Waals surface area contributed by atoms with E-state index in [2.05, 4.69) is 10.2 Å². The van der Waals surface area contributed by atoms with Gasteiger partial charge in [0.1, 0.15) is 5.69 Å². The van der Waals surface area contributed by atoms with Crippen molar-refractivity contribution in [2.45, 2.75) is 13.0 Å². The van der Waals surface area contributed by atoms with E-state index in [0.29, 0.717) is 26.2 Å². The molecule has 1 aliphatic rings. The molecule has 1 aromatic carbocycles. The summed E-state index contributed by atoms with van der Waals surface area (Å²) < 4.78 is 32.5. The van der Waals surface area contributed by atoms with E-state index in [-0.39, 0.29) is 11.1 Å². The minimum absolute atomic E-state index is 0.0571. The number of carbonyl (C=O) groups excluding carboxylic acids is 1. The number of rotatable bonds is 4. The van der Waals surface area contributed by atoms with Gasteiger partial charge in [0.25, 0.3) is 0 Å². The number of anilines is 1. The predicted molar refractivity (Wildman–Crippen MR) is 84.9 cm³/mol. The Hall–Kier alpha value is -1.44. The zero-order valence-corrected chi connectivity index (χ0v) is 13.9. The third kappa shape index (κ3) is 4.53. The Morgan fingerprint density at radius 3 is 2.61 bits per heavy atom. The van der Waals surface area contributed by atoms with Crippen LogP contribution in [0.2, 0.25) is 5.02 Å². The van der Waals surface area contributed by atoms with Crippen LogP contribution in [0.15, 0.2) is 12.1 Å². The number of hydrogen-bond donors (Lipinski definition) is 1. The highest BCUT2D eigenvalue weighted by Crippen LogP contribution is 2.24. The van der Waals surface area contributed by atoms with Gasteiger partial charge in [-0.05, 0) is 19.1 Å². The Morgan fingerprint density at radius 2 is 2.04 bits per heavy atom. The second kappa shape index (κ2) is 7.90. The maximum absolute atomic E-state index is 13.7. The van der Waals surface area contributed by atoms with Crippen LogP contribution in [0.4, 0.5) is 19.3 Å². The van der Waals surface area contributed by atoms with Crippen LogP contribution in [-0.2, 0) is 4.74 Å². The van der Waals surface area contributed by atoms with E-state index in [1.165, 1.54) is 0 Å². The van der Waals surface area contributed by atoms with E-state index in [0.717, 1.165) is 18.7 Å². The Morgan fingerprint density at radius 1 is 1.39 bits per heavy atom. The summed E-state index contributed by atoms with van der Waals surface area (Å²) in [6.07, 6.45) is 0. The average molecular weight is 348 g/mol. The van der Waals surface area contributed by atoms with Crippen molar-refractivity contribution in [3.63, 3.8) is 0 Å². The lowest BCUT2D eigenvalue weighted by molar-refractivity contribution is 0.0742. The number of amides is 2. The van der Waals surface area contributed by atoms with Crippen LogP contribution in [0.1, 0.15) is 6.92 Å². The van der Waals surface area contributed by atoms with Crippen molar-refractivity contribution in [1.29, 1.82) is 0 Å². The van der Waals surface area contributed by atoms with Gasteiger partial charge in [0.05, 0.1) is 6.61 Å². The molecule has 5 nitrogen and oxygen atoms in total. The van der Waals surface area contributed by atoms with E-state index in [9.17, 15) is 13.6 Å². The molecule has 1 aliphatic heterocycles. The zero-order valence-electron chi connectivity index (χ0n) is 13.1. The molecular weight excluding hydrogens is 328 g/mol. The average Bonchev–Trinajstić information content (AvgIpc) is 2.49. The van der Waals surface area contributed by atoms with Gasteiger partial charge in [-0.25, -0.2) is 13.6 Å². The van der Waals surface area contributed by atoms with Gasteiger partial charge in [-0.2, -0.15) is 0 Å². The summed E-state index contributed by atoms with van der Waals surface area (Å²) in [4.78, 5) is 16.0. The molecule has 1 N–H and O–H groups in total. The lowest BCUT2D eigenvalue weighted by Crippen LogP contribution is -2.55. The highest BCUT2D eigenvalue weighted by atomic mass is 35.5. The molecule has 8 heteroatoms. The summed E-state index contributed by atoms with van der Waals surface area (Å²) in [7, 11) is 1.64. The van der Waals surface area contributed by atoms with E-state index in [4.69, 9.17) is 16.3 Å². The molecule has 128 valence electrons. The second-order valence-electron chi connectivity index (χ2n) is 5.50. The number of ether oxygens (including phenoxy) is 1. The molecule has 2 amide bonds.